The van der Waals surface area contributed by atoms with Gasteiger partial charge in [-0.15, -0.1) is 11.3 Å². The Hall–Kier alpha value is -1.79. The number of hydrogen-bond donors (Lipinski definition) is 1. The van der Waals surface area contributed by atoms with Crippen LogP contribution in [0.25, 0.3) is 0 Å². The first-order chi connectivity index (χ1) is 11.2. The number of carbonyl (C=O) groups is 1. The molecule has 2 aromatic rings. The molecular weight excluding hydrogens is 315 g/mol. The van der Waals surface area contributed by atoms with Crippen LogP contribution in [0.3, 0.4) is 0 Å². The molecule has 23 heavy (non-hydrogen) atoms. The third-order valence-corrected chi connectivity index (χ3v) is 5.05. The largest absolute Gasteiger partial charge is 0.396 e. The Morgan fingerprint density at radius 1 is 1.30 bits per heavy atom. The second-order valence-electron chi connectivity index (χ2n) is 5.85. The molecule has 0 atom stereocenters. The number of amides is 1. The molecule has 6 heteroatoms. The normalized spacial score (nSPS) is 15.8. The summed E-state index contributed by atoms with van der Waals surface area (Å²) in [5, 5.41) is 11.8. The van der Waals surface area contributed by atoms with Crippen LogP contribution in [0, 0.1) is 11.7 Å². The summed E-state index contributed by atoms with van der Waals surface area (Å²) in [6, 6.07) is 6.33. The Balaban J connectivity index is 1.62. The fourth-order valence-electron chi connectivity index (χ4n) is 2.75. The molecule has 0 spiro atoms. The number of aliphatic hydroxyl groups is 1. The quantitative estimate of drug-likeness (QED) is 0.935. The number of thiazole rings is 1. The van der Waals surface area contributed by atoms with Crippen molar-refractivity contribution in [3.63, 3.8) is 0 Å². The lowest BCUT2D eigenvalue weighted by Crippen LogP contribution is -2.39. The Labute approximate surface area is 138 Å². The highest BCUT2D eigenvalue weighted by Gasteiger charge is 2.24. The molecule has 0 bridgehead atoms. The topological polar surface area (TPSA) is 53.4 Å². The van der Waals surface area contributed by atoms with Gasteiger partial charge in [0.25, 0.3) is 5.91 Å². The first-order valence-corrected chi connectivity index (χ1v) is 8.62. The van der Waals surface area contributed by atoms with Crippen molar-refractivity contribution in [1.29, 1.82) is 0 Å². The zero-order valence-corrected chi connectivity index (χ0v) is 13.6. The van der Waals surface area contributed by atoms with Crippen LogP contribution in [0.15, 0.2) is 29.6 Å². The van der Waals surface area contributed by atoms with E-state index < -0.39 is 0 Å². The number of aliphatic hydroxyl groups excluding tert-OH is 1. The number of aromatic nitrogens is 1. The van der Waals surface area contributed by atoms with E-state index in [2.05, 4.69) is 4.98 Å². The van der Waals surface area contributed by atoms with Crippen molar-refractivity contribution in [3.8, 4) is 0 Å². The number of rotatable bonds is 4. The van der Waals surface area contributed by atoms with Gasteiger partial charge in [-0.3, -0.25) is 4.79 Å². The maximum atomic E-state index is 12.9. The predicted molar refractivity (Wildman–Crippen MR) is 87.0 cm³/mol. The van der Waals surface area contributed by atoms with E-state index in [1.165, 1.54) is 23.5 Å². The lowest BCUT2D eigenvalue weighted by Gasteiger charge is -2.30. The summed E-state index contributed by atoms with van der Waals surface area (Å²) < 4.78 is 12.9. The summed E-state index contributed by atoms with van der Waals surface area (Å²) in [6.07, 6.45) is 2.29. The number of halogens is 1. The van der Waals surface area contributed by atoms with Crippen molar-refractivity contribution in [2.24, 2.45) is 5.92 Å². The molecule has 1 aliphatic rings. The molecule has 1 saturated heterocycles. The fraction of sp³-hybridized carbons (Fsp3) is 0.412. The highest BCUT2D eigenvalue weighted by molar-refractivity contribution is 7.09. The average molecular weight is 334 g/mol. The van der Waals surface area contributed by atoms with E-state index in [0.717, 1.165) is 23.4 Å². The summed E-state index contributed by atoms with van der Waals surface area (Å²) in [6.45, 7) is 1.55. The molecule has 1 N–H and O–H groups in total. The third-order valence-electron chi connectivity index (χ3n) is 4.20. The van der Waals surface area contributed by atoms with Crippen molar-refractivity contribution >= 4 is 17.2 Å². The van der Waals surface area contributed by atoms with Crippen molar-refractivity contribution in [2.75, 3.05) is 19.7 Å². The number of nitrogens with zero attached hydrogens (tertiary/aromatic N) is 2. The van der Waals surface area contributed by atoms with Gasteiger partial charge in [0.1, 0.15) is 11.5 Å². The van der Waals surface area contributed by atoms with E-state index in [9.17, 15) is 9.18 Å². The zero-order chi connectivity index (χ0) is 16.2. The Morgan fingerprint density at radius 2 is 2.00 bits per heavy atom. The highest BCUT2D eigenvalue weighted by Crippen LogP contribution is 2.20. The first kappa shape index (κ1) is 16.1. The number of hydrogen-bond acceptors (Lipinski definition) is 4. The van der Waals surface area contributed by atoms with E-state index >= 15 is 0 Å². The van der Waals surface area contributed by atoms with E-state index in [4.69, 9.17) is 5.11 Å². The number of likely N-dealkylation sites (tertiary alicyclic amines) is 1. The molecule has 1 aliphatic heterocycles. The number of piperidine rings is 1. The minimum atomic E-state index is -0.255. The van der Waals surface area contributed by atoms with Crippen molar-refractivity contribution in [1.82, 2.24) is 9.88 Å². The minimum absolute atomic E-state index is 0.0389. The van der Waals surface area contributed by atoms with Crippen LogP contribution in [0.1, 0.15) is 33.9 Å². The smallest absolute Gasteiger partial charge is 0.273 e. The molecule has 3 rings (SSSR count). The van der Waals surface area contributed by atoms with Gasteiger partial charge in [0.15, 0.2) is 0 Å². The maximum absolute atomic E-state index is 12.9. The van der Waals surface area contributed by atoms with Crippen LogP contribution < -0.4 is 0 Å². The molecule has 1 aromatic carbocycles. The molecule has 1 fully saturated rings. The molecule has 2 heterocycles. The number of benzene rings is 1. The van der Waals surface area contributed by atoms with Gasteiger partial charge in [0.05, 0.1) is 5.01 Å². The summed E-state index contributed by atoms with van der Waals surface area (Å²) in [5.74, 6) is 0.0153. The molecule has 0 saturated carbocycles. The van der Waals surface area contributed by atoms with E-state index in [0.29, 0.717) is 31.1 Å². The molecule has 0 radical (unpaired) electrons. The molecule has 1 amide bonds. The fourth-order valence-corrected chi connectivity index (χ4v) is 3.55. The summed E-state index contributed by atoms with van der Waals surface area (Å²) >= 11 is 1.45. The van der Waals surface area contributed by atoms with Gasteiger partial charge >= 0.3 is 0 Å². The molecular formula is C17H19FN2O2S. The summed E-state index contributed by atoms with van der Waals surface area (Å²) in [5.41, 5.74) is 1.46. The number of carbonyl (C=O) groups excluding carboxylic acids is 1. The van der Waals surface area contributed by atoms with Crippen LogP contribution in [0.5, 0.6) is 0 Å². The zero-order valence-electron chi connectivity index (χ0n) is 12.7. The second-order valence-corrected chi connectivity index (χ2v) is 6.79. The minimum Gasteiger partial charge on any atom is -0.396 e. The average Bonchev–Trinajstić information content (AvgIpc) is 3.05. The predicted octanol–water partition coefficient (Wildman–Crippen LogP) is 2.72. The van der Waals surface area contributed by atoms with E-state index in [1.54, 1.807) is 17.5 Å². The Kier molecular flexibility index (Phi) is 5.03. The third kappa shape index (κ3) is 3.95. The van der Waals surface area contributed by atoms with Crippen LogP contribution >= 0.6 is 11.3 Å². The van der Waals surface area contributed by atoms with Crippen LogP contribution in [0.4, 0.5) is 4.39 Å². The van der Waals surface area contributed by atoms with Gasteiger partial charge in [-0.05, 0) is 36.5 Å². The molecule has 4 nitrogen and oxygen atoms in total. The van der Waals surface area contributed by atoms with Gasteiger partial charge in [-0.25, -0.2) is 9.37 Å². The Morgan fingerprint density at radius 3 is 2.65 bits per heavy atom. The van der Waals surface area contributed by atoms with Crippen LogP contribution in [0.2, 0.25) is 0 Å². The van der Waals surface area contributed by atoms with Crippen LogP contribution in [-0.4, -0.2) is 40.6 Å². The van der Waals surface area contributed by atoms with Gasteiger partial charge in [0, 0.05) is 31.5 Å². The highest BCUT2D eigenvalue weighted by atomic mass is 32.1. The van der Waals surface area contributed by atoms with E-state index in [-0.39, 0.29) is 18.3 Å². The van der Waals surface area contributed by atoms with Crippen LogP contribution in [-0.2, 0) is 6.42 Å². The van der Waals surface area contributed by atoms with E-state index in [1.807, 2.05) is 4.90 Å². The van der Waals surface area contributed by atoms with Crippen molar-refractivity contribution in [3.05, 3.63) is 51.7 Å². The lowest BCUT2D eigenvalue weighted by molar-refractivity contribution is 0.0646. The molecule has 0 unspecified atom stereocenters. The SMILES string of the molecule is O=C(c1csc(Cc2ccc(F)cc2)n1)N1CCC(CO)CC1. The Bertz CT molecular complexity index is 663. The van der Waals surface area contributed by atoms with Crippen molar-refractivity contribution < 1.29 is 14.3 Å². The van der Waals surface area contributed by atoms with Gasteiger partial charge < -0.3 is 10.0 Å². The van der Waals surface area contributed by atoms with Crippen molar-refractivity contribution in [2.45, 2.75) is 19.3 Å². The maximum Gasteiger partial charge on any atom is 0.273 e. The summed E-state index contributed by atoms with van der Waals surface area (Å²) in [4.78, 5) is 18.7. The van der Waals surface area contributed by atoms with Gasteiger partial charge in [-0.1, -0.05) is 12.1 Å². The summed E-state index contributed by atoms with van der Waals surface area (Å²) in [7, 11) is 0. The van der Waals surface area contributed by atoms with Gasteiger partial charge in [-0.2, -0.15) is 0 Å². The monoisotopic (exact) mass is 334 g/mol. The molecule has 0 aliphatic carbocycles. The van der Waals surface area contributed by atoms with Gasteiger partial charge in [0.2, 0.25) is 0 Å². The lowest BCUT2D eigenvalue weighted by atomic mass is 9.98. The second kappa shape index (κ2) is 7.19. The first-order valence-electron chi connectivity index (χ1n) is 7.74. The molecule has 1 aromatic heterocycles. The standard InChI is InChI=1S/C17H19FN2O2S/c18-14-3-1-12(2-4-14)9-16-19-15(11-23-16)17(22)20-7-5-13(10-21)6-8-20/h1-4,11,13,21H,5-10H2. The molecule has 122 valence electrons.